The highest BCUT2D eigenvalue weighted by atomic mass is 35.5. The van der Waals surface area contributed by atoms with Gasteiger partial charge in [-0.15, -0.1) is 0 Å². The first kappa shape index (κ1) is 11.9. The van der Waals surface area contributed by atoms with Crippen LogP contribution >= 0.6 is 11.6 Å². The van der Waals surface area contributed by atoms with Gasteiger partial charge in [-0.1, -0.05) is 23.7 Å². The van der Waals surface area contributed by atoms with Gasteiger partial charge in [0, 0.05) is 29.3 Å². The zero-order valence-corrected chi connectivity index (χ0v) is 10.4. The first-order valence-electron chi connectivity index (χ1n) is 5.23. The molecule has 1 unspecified atom stereocenters. The number of rotatable bonds is 2. The number of nitrogens with zero attached hydrogens (tertiary/aromatic N) is 2. The minimum atomic E-state index is -1.15. The van der Waals surface area contributed by atoms with E-state index >= 15 is 0 Å². The van der Waals surface area contributed by atoms with Crippen molar-refractivity contribution in [1.82, 2.24) is 9.78 Å². The molecule has 0 aliphatic rings. The van der Waals surface area contributed by atoms with Crippen LogP contribution in [0.3, 0.4) is 0 Å². The molecule has 2 N–H and O–H groups in total. The molecule has 2 aromatic rings. The molecule has 1 aromatic carbocycles. The van der Waals surface area contributed by atoms with Gasteiger partial charge >= 0.3 is 0 Å². The highest BCUT2D eigenvalue weighted by Gasteiger charge is 2.17. The quantitative estimate of drug-likeness (QED) is 0.892. The summed E-state index contributed by atoms with van der Waals surface area (Å²) in [6.07, 6.45) is -1.15. The standard InChI is InChI=1S/C12H13ClFN3/c1-7(14)12-8(4-3-5-9(12)13)10-6-11(15)17(2)16-10/h3-7H,15H2,1-2H3. The first-order chi connectivity index (χ1) is 8.00. The summed E-state index contributed by atoms with van der Waals surface area (Å²) >= 11 is 6.02. The number of nitrogens with two attached hydrogens (primary N) is 1. The van der Waals surface area contributed by atoms with Gasteiger partial charge in [0.15, 0.2) is 0 Å². The fourth-order valence-corrected chi connectivity index (χ4v) is 2.10. The molecule has 90 valence electrons. The van der Waals surface area contributed by atoms with Gasteiger partial charge in [0.05, 0.1) is 5.69 Å². The molecule has 3 nitrogen and oxygen atoms in total. The van der Waals surface area contributed by atoms with E-state index in [0.717, 1.165) is 0 Å². The van der Waals surface area contributed by atoms with E-state index < -0.39 is 6.17 Å². The van der Waals surface area contributed by atoms with Crippen LogP contribution in [0.1, 0.15) is 18.7 Å². The second-order valence-electron chi connectivity index (χ2n) is 3.90. The lowest BCUT2D eigenvalue weighted by Crippen LogP contribution is -1.97. The lowest BCUT2D eigenvalue weighted by Gasteiger charge is -2.10. The molecule has 0 spiro atoms. The molecule has 0 aliphatic heterocycles. The van der Waals surface area contributed by atoms with Crippen molar-refractivity contribution in [3.05, 3.63) is 34.9 Å². The summed E-state index contributed by atoms with van der Waals surface area (Å²) in [6, 6.07) is 6.94. The second-order valence-corrected chi connectivity index (χ2v) is 4.30. The highest BCUT2D eigenvalue weighted by Crippen LogP contribution is 2.35. The predicted molar refractivity (Wildman–Crippen MR) is 67.6 cm³/mol. The summed E-state index contributed by atoms with van der Waals surface area (Å²) in [7, 11) is 1.74. The molecule has 0 aliphatic carbocycles. The molecular weight excluding hydrogens is 241 g/mol. The van der Waals surface area contributed by atoms with Crippen molar-refractivity contribution < 1.29 is 4.39 Å². The van der Waals surface area contributed by atoms with Crippen LogP contribution < -0.4 is 5.73 Å². The van der Waals surface area contributed by atoms with Crippen molar-refractivity contribution in [2.45, 2.75) is 13.1 Å². The van der Waals surface area contributed by atoms with Crippen molar-refractivity contribution in [1.29, 1.82) is 0 Å². The summed E-state index contributed by atoms with van der Waals surface area (Å²) < 4.78 is 15.1. The van der Waals surface area contributed by atoms with E-state index in [2.05, 4.69) is 5.10 Å². The Labute approximate surface area is 104 Å². The summed E-state index contributed by atoms with van der Waals surface area (Å²) in [5, 5.41) is 4.64. The zero-order chi connectivity index (χ0) is 12.6. The summed E-state index contributed by atoms with van der Waals surface area (Å²) in [5.41, 5.74) is 7.48. The van der Waals surface area contributed by atoms with Crippen molar-refractivity contribution in [2.24, 2.45) is 7.05 Å². The van der Waals surface area contributed by atoms with Crippen molar-refractivity contribution in [3.8, 4) is 11.3 Å². The molecule has 1 atom stereocenters. The van der Waals surface area contributed by atoms with Gasteiger partial charge in [0.25, 0.3) is 0 Å². The van der Waals surface area contributed by atoms with Crippen molar-refractivity contribution in [3.63, 3.8) is 0 Å². The Morgan fingerprint density at radius 3 is 2.71 bits per heavy atom. The van der Waals surface area contributed by atoms with E-state index in [1.54, 1.807) is 36.0 Å². The average molecular weight is 254 g/mol. The molecule has 0 radical (unpaired) electrons. The van der Waals surface area contributed by atoms with E-state index in [4.69, 9.17) is 17.3 Å². The van der Waals surface area contributed by atoms with Crippen LogP contribution in [0.25, 0.3) is 11.3 Å². The van der Waals surface area contributed by atoms with Gasteiger partial charge < -0.3 is 5.73 Å². The molecular formula is C12H13ClFN3. The van der Waals surface area contributed by atoms with Crippen molar-refractivity contribution in [2.75, 3.05) is 5.73 Å². The monoisotopic (exact) mass is 253 g/mol. The third-order valence-electron chi connectivity index (χ3n) is 2.64. The Balaban J connectivity index is 2.63. The summed E-state index contributed by atoms with van der Waals surface area (Å²) in [4.78, 5) is 0. The highest BCUT2D eigenvalue weighted by molar-refractivity contribution is 6.31. The van der Waals surface area contributed by atoms with E-state index in [1.165, 1.54) is 6.92 Å². The lowest BCUT2D eigenvalue weighted by molar-refractivity contribution is 0.375. The van der Waals surface area contributed by atoms with Gasteiger partial charge in [-0.3, -0.25) is 4.68 Å². The Morgan fingerprint density at radius 1 is 1.47 bits per heavy atom. The molecule has 0 bridgehead atoms. The van der Waals surface area contributed by atoms with Crippen LogP contribution in [0, 0.1) is 0 Å². The Hall–Kier alpha value is -1.55. The Morgan fingerprint density at radius 2 is 2.18 bits per heavy atom. The number of hydrogen-bond donors (Lipinski definition) is 1. The van der Waals surface area contributed by atoms with Gasteiger partial charge in [-0.25, -0.2) is 4.39 Å². The number of anilines is 1. The maximum atomic E-state index is 13.6. The van der Waals surface area contributed by atoms with Gasteiger partial charge in [-0.05, 0) is 13.0 Å². The third kappa shape index (κ3) is 2.13. The topological polar surface area (TPSA) is 43.8 Å². The maximum absolute atomic E-state index is 13.6. The van der Waals surface area contributed by atoms with Crippen LogP contribution in [-0.4, -0.2) is 9.78 Å². The van der Waals surface area contributed by atoms with E-state index in [-0.39, 0.29) is 0 Å². The fraction of sp³-hybridized carbons (Fsp3) is 0.250. The molecule has 1 aromatic heterocycles. The number of halogens is 2. The van der Waals surface area contributed by atoms with Crippen molar-refractivity contribution >= 4 is 17.4 Å². The number of alkyl halides is 1. The number of hydrogen-bond acceptors (Lipinski definition) is 2. The average Bonchev–Trinajstić information content (AvgIpc) is 2.58. The minimum Gasteiger partial charge on any atom is -0.384 e. The SMILES string of the molecule is CC(F)c1c(Cl)cccc1-c1cc(N)n(C)n1. The molecule has 0 saturated heterocycles. The Bertz CT molecular complexity index is 529. The molecule has 2 rings (SSSR count). The number of nitrogen functional groups attached to an aromatic ring is 1. The van der Waals surface area contributed by atoms with E-state index in [0.29, 0.717) is 27.7 Å². The summed E-state index contributed by atoms with van der Waals surface area (Å²) in [6.45, 7) is 1.46. The van der Waals surface area contributed by atoms with E-state index in [1.807, 2.05) is 0 Å². The molecule has 0 saturated carbocycles. The predicted octanol–water partition coefficient (Wildman–Crippen LogP) is 3.35. The van der Waals surface area contributed by atoms with Crippen LogP contribution in [0.15, 0.2) is 24.3 Å². The maximum Gasteiger partial charge on any atom is 0.124 e. The van der Waals surface area contributed by atoms with Crippen LogP contribution in [0.4, 0.5) is 10.2 Å². The molecule has 17 heavy (non-hydrogen) atoms. The molecule has 0 fully saturated rings. The second kappa shape index (κ2) is 4.37. The third-order valence-corrected chi connectivity index (χ3v) is 2.97. The van der Waals surface area contributed by atoms with Crippen LogP contribution in [0.5, 0.6) is 0 Å². The zero-order valence-electron chi connectivity index (χ0n) is 9.61. The first-order valence-corrected chi connectivity index (χ1v) is 5.61. The molecule has 5 heteroatoms. The molecule has 1 heterocycles. The van der Waals surface area contributed by atoms with Crippen LogP contribution in [0.2, 0.25) is 5.02 Å². The number of aromatic nitrogens is 2. The summed E-state index contributed by atoms with van der Waals surface area (Å²) in [5.74, 6) is 0.525. The normalized spacial score (nSPS) is 12.7. The van der Waals surface area contributed by atoms with Gasteiger partial charge in [0.1, 0.15) is 12.0 Å². The van der Waals surface area contributed by atoms with Crippen LogP contribution in [-0.2, 0) is 7.05 Å². The lowest BCUT2D eigenvalue weighted by atomic mass is 10.0. The smallest absolute Gasteiger partial charge is 0.124 e. The van der Waals surface area contributed by atoms with Gasteiger partial charge in [0.2, 0.25) is 0 Å². The largest absolute Gasteiger partial charge is 0.384 e. The number of benzene rings is 1. The minimum absolute atomic E-state index is 0.404. The fourth-order valence-electron chi connectivity index (χ4n) is 1.78. The number of aryl methyl sites for hydroxylation is 1. The van der Waals surface area contributed by atoms with E-state index in [9.17, 15) is 4.39 Å². The molecule has 0 amide bonds. The Kier molecular flexibility index (Phi) is 3.07. The van der Waals surface area contributed by atoms with Gasteiger partial charge in [-0.2, -0.15) is 5.10 Å².